The van der Waals surface area contributed by atoms with Gasteiger partial charge in [0.2, 0.25) is 0 Å². The van der Waals surface area contributed by atoms with Crippen LogP contribution in [0, 0.1) is 3.57 Å². The lowest BCUT2D eigenvalue weighted by Crippen LogP contribution is -2.36. The molecule has 0 heterocycles. The van der Waals surface area contributed by atoms with E-state index in [0.717, 1.165) is 29.7 Å². The van der Waals surface area contributed by atoms with Gasteiger partial charge in [-0.05, 0) is 107 Å². The quantitative estimate of drug-likeness (QED) is 0.0682. The highest BCUT2D eigenvalue weighted by Gasteiger charge is 2.56. The molecule has 3 aromatic rings. The smallest absolute Gasteiger partial charge is 0.453 e. The number of alkyl halides is 5. The molecule has 0 bridgehead atoms. The van der Waals surface area contributed by atoms with E-state index in [1.54, 1.807) is 0 Å². The molecule has 3 aromatic carbocycles. The van der Waals surface area contributed by atoms with E-state index >= 15 is 0 Å². The number of benzene rings is 3. The van der Waals surface area contributed by atoms with Gasteiger partial charge in [-0.25, -0.2) is 0 Å². The summed E-state index contributed by atoms with van der Waals surface area (Å²) >= 11 is 2.30. The van der Waals surface area contributed by atoms with Crippen molar-refractivity contribution in [1.82, 2.24) is 0 Å². The van der Waals surface area contributed by atoms with Gasteiger partial charge in [-0.15, -0.1) is 0 Å². The largest absolute Gasteiger partial charge is 0.494 e. The monoisotopic (exact) mass is 704 g/mol. The van der Waals surface area contributed by atoms with Gasteiger partial charge >= 0.3 is 12.1 Å². The van der Waals surface area contributed by atoms with E-state index in [1.165, 1.54) is 20.3 Å². The molecule has 0 aliphatic heterocycles. The predicted molar refractivity (Wildman–Crippen MR) is 166 cm³/mol. The molecule has 0 aliphatic carbocycles. The summed E-state index contributed by atoms with van der Waals surface area (Å²) in [5.74, 6) is -3.87. The fraction of sp³-hybridized carbons (Fsp3) is 0.375. The molecule has 0 saturated carbocycles. The summed E-state index contributed by atoms with van der Waals surface area (Å²) in [7, 11) is -1.41. The van der Waals surface area contributed by atoms with Gasteiger partial charge in [0.05, 0.1) is 6.61 Å². The van der Waals surface area contributed by atoms with E-state index in [9.17, 15) is 26.2 Å². The molecule has 1 atom stereocenters. The van der Waals surface area contributed by atoms with Gasteiger partial charge in [-0.1, -0.05) is 61.5 Å². The second kappa shape index (κ2) is 15.8. The van der Waals surface area contributed by atoms with Gasteiger partial charge < -0.3 is 4.74 Å². The fourth-order valence-electron chi connectivity index (χ4n) is 4.44. The third-order valence-electron chi connectivity index (χ3n) is 6.62. The number of hydrogen-bond acceptors (Lipinski definition) is 2. The Hall–Kier alpha value is -2.27. The molecule has 2 nitrogen and oxygen atoms in total. The van der Waals surface area contributed by atoms with Crippen molar-refractivity contribution >= 4 is 44.5 Å². The first-order valence-corrected chi connectivity index (χ1v) is 16.2. The molecule has 0 radical (unpaired) electrons. The van der Waals surface area contributed by atoms with Crippen LogP contribution in [-0.2, 0) is 10.8 Å². The van der Waals surface area contributed by atoms with Gasteiger partial charge in [0.15, 0.2) is 0 Å². The number of unbranched alkanes of at least 4 members (excludes halogenated alkanes) is 2. The molecular weight excluding hydrogens is 670 g/mol. The van der Waals surface area contributed by atoms with E-state index in [4.69, 9.17) is 4.74 Å². The highest BCUT2D eigenvalue weighted by atomic mass is 127. The average molecular weight is 705 g/mol. The van der Waals surface area contributed by atoms with E-state index in [0.29, 0.717) is 19.4 Å². The topological polar surface area (TPSA) is 26.3 Å². The second-order valence-electron chi connectivity index (χ2n) is 9.67. The van der Waals surface area contributed by atoms with E-state index < -0.39 is 35.7 Å². The second-order valence-corrected chi connectivity index (χ2v) is 12.6. The lowest BCUT2D eigenvalue weighted by molar-refractivity contribution is -0.284. The first kappa shape index (κ1) is 33.2. The highest BCUT2D eigenvalue weighted by molar-refractivity contribution is 14.1. The summed E-state index contributed by atoms with van der Waals surface area (Å²) in [5.41, 5.74) is 5.86. The van der Waals surface area contributed by atoms with E-state index in [1.807, 2.05) is 30.3 Å². The van der Waals surface area contributed by atoms with Crippen LogP contribution in [0.1, 0.15) is 62.1 Å². The van der Waals surface area contributed by atoms with Crippen LogP contribution in [0.3, 0.4) is 0 Å². The zero-order chi connectivity index (χ0) is 29.9. The molecule has 41 heavy (non-hydrogen) atoms. The molecule has 0 spiro atoms. The maximum atomic E-state index is 12.9. The summed E-state index contributed by atoms with van der Waals surface area (Å²) in [4.78, 5) is 0. The number of halogens is 6. The van der Waals surface area contributed by atoms with Crippen LogP contribution in [0.4, 0.5) is 22.0 Å². The van der Waals surface area contributed by atoms with E-state index in [-0.39, 0.29) is 11.5 Å². The average Bonchev–Trinajstić information content (AvgIpc) is 2.94. The Kier molecular flexibility index (Phi) is 12.8. The van der Waals surface area contributed by atoms with Gasteiger partial charge in [0.1, 0.15) is 5.75 Å². The molecule has 0 aromatic heterocycles. The van der Waals surface area contributed by atoms with Gasteiger partial charge in [-0.3, -0.25) is 4.21 Å². The van der Waals surface area contributed by atoms with Crippen LogP contribution in [-0.4, -0.2) is 34.4 Å². The lowest BCUT2D eigenvalue weighted by atomic mass is 9.88. The zero-order valence-corrected chi connectivity index (χ0v) is 25.8. The molecule has 0 aliphatic rings. The highest BCUT2D eigenvalue weighted by Crippen LogP contribution is 2.39. The van der Waals surface area contributed by atoms with Crippen molar-refractivity contribution in [2.24, 2.45) is 0 Å². The number of ether oxygens (including phenoxy) is 1. The summed E-state index contributed by atoms with van der Waals surface area (Å²) in [6, 6.07) is 26.9. The lowest BCUT2D eigenvalue weighted by Gasteiger charge is -2.19. The summed E-state index contributed by atoms with van der Waals surface area (Å²) < 4.78 is 81.5. The van der Waals surface area contributed by atoms with Crippen LogP contribution >= 0.6 is 22.6 Å². The Labute approximate surface area is 255 Å². The molecular formula is C32H34F5IO2S. The van der Waals surface area contributed by atoms with Crippen LogP contribution in [0.5, 0.6) is 5.75 Å². The van der Waals surface area contributed by atoms with Crippen molar-refractivity contribution < 1.29 is 30.9 Å². The minimum Gasteiger partial charge on any atom is -0.494 e. The fourth-order valence-corrected chi connectivity index (χ4v) is 6.00. The Balaban J connectivity index is 1.52. The summed E-state index contributed by atoms with van der Waals surface area (Å²) in [5, 5.41) is 0. The third kappa shape index (κ3) is 10.2. The van der Waals surface area contributed by atoms with Crippen molar-refractivity contribution in [3.63, 3.8) is 0 Å². The third-order valence-corrected chi connectivity index (χ3v) is 8.82. The number of hydrogen-bond donors (Lipinski definition) is 0. The molecule has 0 fully saturated rings. The number of rotatable bonds is 15. The maximum absolute atomic E-state index is 12.9. The predicted octanol–water partition coefficient (Wildman–Crippen LogP) is 9.94. The van der Waals surface area contributed by atoms with Gasteiger partial charge in [-0.2, -0.15) is 22.0 Å². The van der Waals surface area contributed by atoms with E-state index in [2.05, 4.69) is 78.0 Å². The summed E-state index contributed by atoms with van der Waals surface area (Å²) in [6.45, 7) is 2.63. The minimum atomic E-state index is -5.56. The standard InChI is InChI=1S/C32H34F5IO2S/c1-2-29(24-10-5-3-6-11-24)30(25-12-16-27(38)17-13-25)26-14-18-28(19-15-26)40-21-7-4-8-22-41(39)23-9-20-31(33,34)32(35,36)37/h3,5-6,10-19H,2,4,7-9,20-23H2,1H3/b30-29+. The molecule has 1 unspecified atom stereocenters. The zero-order valence-electron chi connectivity index (χ0n) is 22.9. The van der Waals surface area contributed by atoms with Crippen LogP contribution < -0.4 is 4.74 Å². The SMILES string of the molecule is CC/C(=C(/c1ccc(I)cc1)c1ccc(OCCCCCS(=O)CCCC(F)(F)C(F)(F)F)cc1)c1ccccc1. The van der Waals surface area contributed by atoms with Crippen molar-refractivity contribution in [3.8, 4) is 5.75 Å². The first-order valence-electron chi connectivity index (χ1n) is 13.6. The van der Waals surface area contributed by atoms with Crippen LogP contribution in [0.15, 0.2) is 78.9 Å². The van der Waals surface area contributed by atoms with Crippen LogP contribution in [0.2, 0.25) is 0 Å². The Bertz CT molecular complexity index is 1270. The number of allylic oxidation sites excluding steroid dienone is 1. The molecule has 0 amide bonds. The molecule has 0 N–H and O–H groups in total. The van der Waals surface area contributed by atoms with Crippen molar-refractivity contribution in [2.45, 2.75) is 57.5 Å². The first-order chi connectivity index (χ1) is 19.5. The molecule has 222 valence electrons. The maximum Gasteiger partial charge on any atom is 0.453 e. The van der Waals surface area contributed by atoms with Gasteiger partial charge in [0, 0.05) is 32.3 Å². The van der Waals surface area contributed by atoms with Crippen molar-refractivity contribution in [2.75, 3.05) is 18.1 Å². The normalized spacial score (nSPS) is 13.5. The van der Waals surface area contributed by atoms with Crippen LogP contribution in [0.25, 0.3) is 11.1 Å². The van der Waals surface area contributed by atoms with Gasteiger partial charge in [0.25, 0.3) is 0 Å². The van der Waals surface area contributed by atoms with Crippen molar-refractivity contribution in [1.29, 1.82) is 0 Å². The molecule has 3 rings (SSSR count). The summed E-state index contributed by atoms with van der Waals surface area (Å²) in [6.07, 6.45) is -4.42. The molecule has 0 saturated heterocycles. The Morgan fingerprint density at radius 3 is 1.93 bits per heavy atom. The molecule has 9 heteroatoms. The minimum absolute atomic E-state index is 0.156. The van der Waals surface area contributed by atoms with Crippen molar-refractivity contribution in [3.05, 3.63) is 99.1 Å². The Morgan fingerprint density at radius 2 is 1.34 bits per heavy atom. The Morgan fingerprint density at radius 1 is 0.756 bits per heavy atom.